The van der Waals surface area contributed by atoms with Gasteiger partial charge in [-0.25, -0.2) is 0 Å². The van der Waals surface area contributed by atoms with Crippen LogP contribution in [0.5, 0.6) is 17.4 Å². The third-order valence-corrected chi connectivity index (χ3v) is 5.34. The number of rotatable bonds is 9. The molecule has 0 amide bonds. The number of aromatic hydroxyl groups is 1. The van der Waals surface area contributed by atoms with Gasteiger partial charge in [0.1, 0.15) is 17.1 Å². The summed E-state index contributed by atoms with van der Waals surface area (Å²) >= 11 is 5.29. The fourth-order valence-corrected chi connectivity index (χ4v) is 3.61. The summed E-state index contributed by atoms with van der Waals surface area (Å²) in [6, 6.07) is 12.4. The van der Waals surface area contributed by atoms with E-state index in [2.05, 4.69) is 9.98 Å². The number of nitrogens with zero attached hydrogens (tertiary/aromatic N) is 3. The summed E-state index contributed by atoms with van der Waals surface area (Å²) in [5.74, 6) is 0.572. The molecule has 0 aliphatic rings. The molecular weight excluding hydrogens is 444 g/mol. The van der Waals surface area contributed by atoms with E-state index in [0.717, 1.165) is 12.2 Å². The molecule has 0 radical (unpaired) electrons. The Morgan fingerprint density at radius 3 is 2.52 bits per heavy atom. The summed E-state index contributed by atoms with van der Waals surface area (Å²) in [5, 5.41) is 20.1. The molecule has 0 bridgehead atoms. The Labute approximate surface area is 196 Å². The molecule has 0 aliphatic carbocycles. The molecular formula is C23H26N4O5S. The van der Waals surface area contributed by atoms with Crippen LogP contribution in [0.1, 0.15) is 12.5 Å². The van der Waals surface area contributed by atoms with Crippen LogP contribution in [0, 0.1) is 4.77 Å². The fraction of sp³-hybridized carbons (Fsp3) is 0.261. The van der Waals surface area contributed by atoms with E-state index in [1.54, 1.807) is 30.3 Å². The van der Waals surface area contributed by atoms with Crippen molar-refractivity contribution in [3.05, 3.63) is 63.2 Å². The first-order chi connectivity index (χ1) is 15.9. The van der Waals surface area contributed by atoms with Crippen molar-refractivity contribution in [3.8, 4) is 23.1 Å². The summed E-state index contributed by atoms with van der Waals surface area (Å²) in [7, 11) is 3.01. The molecule has 1 aromatic heterocycles. The molecule has 3 aromatic rings. The number of aliphatic hydroxyl groups excluding tert-OH is 1. The van der Waals surface area contributed by atoms with Gasteiger partial charge in [0.05, 0.1) is 32.2 Å². The maximum absolute atomic E-state index is 12.5. The number of H-pyrrole nitrogens is 1. The third-order valence-electron chi connectivity index (χ3n) is 5.06. The van der Waals surface area contributed by atoms with Gasteiger partial charge in [-0.2, -0.15) is 0 Å². The molecule has 10 heteroatoms. The molecule has 0 spiro atoms. The lowest BCUT2D eigenvalue weighted by Crippen LogP contribution is -2.25. The number of nitrogens with one attached hydrogen (secondary N) is 1. The molecule has 0 saturated carbocycles. The Kier molecular flexibility index (Phi) is 7.86. The first-order valence-corrected chi connectivity index (χ1v) is 10.6. The lowest BCUT2D eigenvalue weighted by atomic mass is 10.2. The number of hydrogen-bond acceptors (Lipinski definition) is 8. The molecule has 2 aromatic carbocycles. The summed E-state index contributed by atoms with van der Waals surface area (Å²) < 4.78 is 11.9. The highest BCUT2D eigenvalue weighted by atomic mass is 32.1. The SMILES string of the molecule is CCN(CCO)c1ccc(N=Cc2c(O)n(-c3cc(OC)ccc3OC)c(=S)[nH]c2=O)cc1. The number of ether oxygens (including phenoxy) is 2. The van der Waals surface area contributed by atoms with Gasteiger partial charge in [0.25, 0.3) is 5.56 Å². The van der Waals surface area contributed by atoms with E-state index in [4.69, 9.17) is 21.7 Å². The van der Waals surface area contributed by atoms with E-state index in [1.165, 1.54) is 25.0 Å². The number of benzene rings is 2. The molecule has 0 saturated heterocycles. The van der Waals surface area contributed by atoms with Crippen LogP contribution < -0.4 is 19.9 Å². The topological polar surface area (TPSA) is 112 Å². The maximum Gasteiger partial charge on any atom is 0.264 e. The highest BCUT2D eigenvalue weighted by molar-refractivity contribution is 7.71. The fourth-order valence-electron chi connectivity index (χ4n) is 3.33. The maximum atomic E-state index is 12.5. The molecule has 3 rings (SSSR count). The predicted molar refractivity (Wildman–Crippen MR) is 131 cm³/mol. The smallest absolute Gasteiger partial charge is 0.264 e. The van der Waals surface area contributed by atoms with Crippen LogP contribution in [0.4, 0.5) is 11.4 Å². The van der Waals surface area contributed by atoms with Gasteiger partial charge in [0, 0.05) is 31.1 Å². The normalized spacial score (nSPS) is 11.0. The van der Waals surface area contributed by atoms with Gasteiger partial charge >= 0.3 is 0 Å². The van der Waals surface area contributed by atoms with Crippen molar-refractivity contribution in [3.63, 3.8) is 0 Å². The van der Waals surface area contributed by atoms with Gasteiger partial charge in [-0.3, -0.25) is 19.3 Å². The third kappa shape index (κ3) is 5.24. The van der Waals surface area contributed by atoms with Crippen molar-refractivity contribution in [2.24, 2.45) is 4.99 Å². The van der Waals surface area contributed by atoms with Crippen molar-refractivity contribution in [2.75, 3.05) is 38.8 Å². The zero-order chi connectivity index (χ0) is 24.0. The van der Waals surface area contributed by atoms with Crippen molar-refractivity contribution in [1.29, 1.82) is 0 Å². The highest BCUT2D eigenvalue weighted by Gasteiger charge is 2.16. The van der Waals surface area contributed by atoms with Crippen molar-refractivity contribution < 1.29 is 19.7 Å². The number of aromatic nitrogens is 2. The largest absolute Gasteiger partial charge is 0.497 e. The van der Waals surface area contributed by atoms with Crippen molar-refractivity contribution in [2.45, 2.75) is 6.92 Å². The number of hydrogen-bond donors (Lipinski definition) is 3. The first-order valence-electron chi connectivity index (χ1n) is 10.2. The number of anilines is 1. The Balaban J connectivity index is 2.02. The molecule has 0 unspecified atom stereocenters. The molecule has 33 heavy (non-hydrogen) atoms. The van der Waals surface area contributed by atoms with Gasteiger partial charge in [-0.1, -0.05) is 0 Å². The van der Waals surface area contributed by atoms with Crippen molar-refractivity contribution in [1.82, 2.24) is 9.55 Å². The number of likely N-dealkylation sites (N-methyl/N-ethyl adjacent to an activating group) is 1. The van der Waals surface area contributed by atoms with Gasteiger partial charge in [0.2, 0.25) is 5.88 Å². The average molecular weight is 471 g/mol. The van der Waals surface area contributed by atoms with Crippen LogP contribution in [-0.2, 0) is 0 Å². The molecule has 3 N–H and O–H groups in total. The Bertz CT molecular complexity index is 1250. The molecule has 0 atom stereocenters. The minimum Gasteiger partial charge on any atom is -0.497 e. The van der Waals surface area contributed by atoms with E-state index in [9.17, 15) is 15.0 Å². The van der Waals surface area contributed by atoms with Gasteiger partial charge in [-0.15, -0.1) is 0 Å². The standard InChI is InChI=1S/C23H26N4O5S/c1-4-26(11-12-28)16-7-5-15(6-8-16)24-14-18-21(29)25-23(33)27(22(18)30)19-13-17(31-2)9-10-20(19)32-3/h5-10,13-14,28,30H,4,11-12H2,1-3H3,(H,25,29,33). The van der Waals surface area contributed by atoms with Crippen LogP contribution in [-0.4, -0.2) is 59.9 Å². The number of methoxy groups -OCH3 is 2. The van der Waals surface area contributed by atoms with E-state index in [-0.39, 0.29) is 22.8 Å². The van der Waals surface area contributed by atoms with Crippen molar-refractivity contribution >= 4 is 29.8 Å². The predicted octanol–water partition coefficient (Wildman–Crippen LogP) is 3.19. The van der Waals surface area contributed by atoms with Crippen LogP contribution in [0.2, 0.25) is 0 Å². The number of aliphatic imine (C=N–C) groups is 1. The summed E-state index contributed by atoms with van der Waals surface area (Å²) in [6.07, 6.45) is 1.28. The first kappa shape index (κ1) is 24.0. The zero-order valence-corrected chi connectivity index (χ0v) is 19.4. The van der Waals surface area contributed by atoms with E-state index in [1.807, 2.05) is 24.0 Å². The quantitative estimate of drug-likeness (QED) is 0.325. The average Bonchev–Trinajstić information content (AvgIpc) is 2.82. The van der Waals surface area contributed by atoms with E-state index >= 15 is 0 Å². The highest BCUT2D eigenvalue weighted by Crippen LogP contribution is 2.31. The Morgan fingerprint density at radius 1 is 1.18 bits per heavy atom. The summed E-state index contributed by atoms with van der Waals surface area (Å²) in [5.41, 5.74) is 1.30. The van der Waals surface area contributed by atoms with Crippen LogP contribution >= 0.6 is 12.2 Å². The van der Waals surface area contributed by atoms with Gasteiger partial charge in [0.15, 0.2) is 4.77 Å². The zero-order valence-electron chi connectivity index (χ0n) is 18.6. The Morgan fingerprint density at radius 2 is 1.91 bits per heavy atom. The molecule has 0 fully saturated rings. The lowest BCUT2D eigenvalue weighted by molar-refractivity contribution is 0.302. The Hall–Kier alpha value is -3.63. The van der Waals surface area contributed by atoms with Crippen LogP contribution in [0.3, 0.4) is 0 Å². The second-order valence-electron chi connectivity index (χ2n) is 6.95. The molecule has 174 valence electrons. The van der Waals surface area contributed by atoms with Gasteiger partial charge in [-0.05, 0) is 55.5 Å². The summed E-state index contributed by atoms with van der Waals surface area (Å²) in [6.45, 7) is 3.36. The van der Waals surface area contributed by atoms with E-state index in [0.29, 0.717) is 29.4 Å². The van der Waals surface area contributed by atoms with Gasteiger partial charge < -0.3 is 24.6 Å². The van der Waals surface area contributed by atoms with E-state index < -0.39 is 5.56 Å². The van der Waals surface area contributed by atoms with Crippen LogP contribution in [0.15, 0.2) is 52.3 Å². The second-order valence-corrected chi connectivity index (χ2v) is 7.33. The second kappa shape index (κ2) is 10.8. The molecule has 1 heterocycles. The molecule has 0 aliphatic heterocycles. The summed E-state index contributed by atoms with van der Waals surface area (Å²) in [4.78, 5) is 21.4. The van der Waals surface area contributed by atoms with Crippen LogP contribution in [0.25, 0.3) is 5.69 Å². The molecule has 9 nitrogen and oxygen atoms in total. The minimum atomic E-state index is -0.573. The number of aromatic amines is 1. The number of aliphatic hydroxyl groups is 1. The minimum absolute atomic E-state index is 0.00547. The monoisotopic (exact) mass is 470 g/mol. The lowest BCUT2D eigenvalue weighted by Gasteiger charge is -2.21.